The summed E-state index contributed by atoms with van der Waals surface area (Å²) in [5, 5.41) is 4.11. The van der Waals surface area contributed by atoms with Crippen molar-refractivity contribution in [2.75, 3.05) is 25.0 Å². The lowest BCUT2D eigenvalue weighted by Gasteiger charge is -2.15. The largest absolute Gasteiger partial charge is 0.367 e. The first-order valence-electron chi connectivity index (χ1n) is 10.5. The Morgan fingerprint density at radius 1 is 1.35 bits per heavy atom. The van der Waals surface area contributed by atoms with E-state index in [0.29, 0.717) is 30.2 Å². The Bertz CT molecular complexity index is 1120. The van der Waals surface area contributed by atoms with Gasteiger partial charge in [-0.15, -0.1) is 0 Å². The van der Waals surface area contributed by atoms with Crippen LogP contribution in [0.1, 0.15) is 35.8 Å². The Balaban J connectivity index is 1.60. The number of rotatable bonds is 8. The molecule has 0 radical (unpaired) electrons. The molecule has 2 aromatic heterocycles. The Hall–Kier alpha value is -3.46. The van der Waals surface area contributed by atoms with Crippen LogP contribution in [-0.2, 0) is 11.2 Å². The first-order chi connectivity index (χ1) is 14.9. The van der Waals surface area contributed by atoms with Gasteiger partial charge < -0.3 is 26.7 Å². The minimum atomic E-state index is -0.643. The lowest BCUT2D eigenvalue weighted by Crippen LogP contribution is -2.26. The molecular formula is C22H27N7O2. The highest BCUT2D eigenvalue weighted by atomic mass is 16.2. The van der Waals surface area contributed by atoms with Crippen molar-refractivity contribution in [3.8, 4) is 11.4 Å². The van der Waals surface area contributed by atoms with Gasteiger partial charge in [0.2, 0.25) is 5.91 Å². The summed E-state index contributed by atoms with van der Waals surface area (Å²) in [5.41, 5.74) is 14.5. The monoisotopic (exact) mass is 421 g/mol. The number of benzene rings is 1. The molecule has 0 bridgehead atoms. The zero-order chi connectivity index (χ0) is 22.0. The molecule has 0 aliphatic carbocycles. The van der Waals surface area contributed by atoms with E-state index in [2.05, 4.69) is 26.3 Å². The van der Waals surface area contributed by atoms with Crippen molar-refractivity contribution >= 4 is 28.5 Å². The van der Waals surface area contributed by atoms with Crippen LogP contribution >= 0.6 is 0 Å². The van der Waals surface area contributed by atoms with Gasteiger partial charge in [0.25, 0.3) is 5.91 Å². The third-order valence-electron chi connectivity index (χ3n) is 5.39. The fourth-order valence-corrected chi connectivity index (χ4v) is 3.78. The minimum Gasteiger partial charge on any atom is -0.367 e. The summed E-state index contributed by atoms with van der Waals surface area (Å²) in [6, 6.07) is 8.01. The van der Waals surface area contributed by atoms with Crippen LogP contribution in [0.15, 0.2) is 30.5 Å². The number of amides is 2. The fourth-order valence-electron chi connectivity index (χ4n) is 3.78. The van der Waals surface area contributed by atoms with Gasteiger partial charge in [-0.2, -0.15) is 0 Å². The number of hydrogen-bond acceptors (Lipinski definition) is 6. The van der Waals surface area contributed by atoms with E-state index < -0.39 is 5.91 Å². The van der Waals surface area contributed by atoms with E-state index in [1.54, 1.807) is 0 Å². The molecule has 3 aromatic rings. The smallest absolute Gasteiger partial charge is 0.269 e. The first kappa shape index (κ1) is 20.8. The fraction of sp³-hybridized carbons (Fsp3) is 0.364. The number of H-pyrrole nitrogens is 1. The van der Waals surface area contributed by atoms with Crippen LogP contribution in [0.25, 0.3) is 22.3 Å². The maximum absolute atomic E-state index is 11.9. The molecule has 4 rings (SSSR count). The van der Waals surface area contributed by atoms with E-state index in [0.717, 1.165) is 42.4 Å². The molecule has 162 valence electrons. The second-order valence-electron chi connectivity index (χ2n) is 8.01. The van der Waals surface area contributed by atoms with Crippen LogP contribution in [0, 0.1) is 0 Å². The third kappa shape index (κ3) is 4.66. The number of aromatic nitrogens is 3. The van der Waals surface area contributed by atoms with Crippen LogP contribution in [0.2, 0.25) is 0 Å². The Labute approximate surface area is 180 Å². The zero-order valence-electron chi connectivity index (χ0n) is 17.5. The van der Waals surface area contributed by atoms with Gasteiger partial charge in [0.1, 0.15) is 11.5 Å². The van der Waals surface area contributed by atoms with Gasteiger partial charge in [0.15, 0.2) is 5.69 Å². The number of nitrogens with zero attached hydrogens (tertiary/aromatic N) is 3. The molecule has 2 amide bonds. The molecule has 6 N–H and O–H groups in total. The third-order valence-corrected chi connectivity index (χ3v) is 5.39. The maximum Gasteiger partial charge on any atom is 0.269 e. The van der Waals surface area contributed by atoms with Crippen LogP contribution in [0.3, 0.4) is 0 Å². The average Bonchev–Trinajstić information content (AvgIpc) is 3.35. The van der Waals surface area contributed by atoms with Crippen LogP contribution in [0.4, 0.5) is 5.82 Å². The Morgan fingerprint density at radius 2 is 2.19 bits per heavy atom. The lowest BCUT2D eigenvalue weighted by molar-refractivity contribution is -0.127. The van der Waals surface area contributed by atoms with Crippen LogP contribution < -0.4 is 16.8 Å². The molecule has 0 spiro atoms. The SMILES string of the molecule is C[C@H](N)CNc1cnc(C(N)=O)c(-c2cc3cc(CCN4CCCC4=O)ccc3[nH]2)n1. The van der Waals surface area contributed by atoms with Crippen molar-refractivity contribution in [1.29, 1.82) is 0 Å². The van der Waals surface area contributed by atoms with E-state index in [9.17, 15) is 9.59 Å². The highest BCUT2D eigenvalue weighted by Crippen LogP contribution is 2.27. The lowest BCUT2D eigenvalue weighted by atomic mass is 10.1. The molecule has 1 aromatic carbocycles. The summed E-state index contributed by atoms with van der Waals surface area (Å²) < 4.78 is 0. The van der Waals surface area contributed by atoms with Crippen molar-refractivity contribution in [2.45, 2.75) is 32.2 Å². The van der Waals surface area contributed by atoms with Crippen molar-refractivity contribution in [3.63, 3.8) is 0 Å². The van der Waals surface area contributed by atoms with Crippen molar-refractivity contribution < 1.29 is 9.59 Å². The summed E-state index contributed by atoms with van der Waals surface area (Å²) in [6.07, 6.45) is 3.87. The van der Waals surface area contributed by atoms with Gasteiger partial charge >= 0.3 is 0 Å². The first-order valence-corrected chi connectivity index (χ1v) is 10.5. The van der Waals surface area contributed by atoms with E-state index in [4.69, 9.17) is 11.5 Å². The van der Waals surface area contributed by atoms with Crippen molar-refractivity contribution in [3.05, 3.63) is 41.7 Å². The zero-order valence-corrected chi connectivity index (χ0v) is 17.5. The Morgan fingerprint density at radius 3 is 2.90 bits per heavy atom. The van der Waals surface area contributed by atoms with E-state index in [-0.39, 0.29) is 17.6 Å². The van der Waals surface area contributed by atoms with Gasteiger partial charge in [-0.25, -0.2) is 9.97 Å². The second kappa shape index (κ2) is 8.73. The number of nitrogens with two attached hydrogens (primary N) is 2. The molecule has 1 aliphatic heterocycles. The van der Waals surface area contributed by atoms with E-state index >= 15 is 0 Å². The molecule has 1 atom stereocenters. The molecule has 3 heterocycles. The standard InChI is InChI=1S/C22H27N7O2/c1-13(23)11-25-18-12-26-21(22(24)31)20(28-18)17-10-15-9-14(4-5-16(15)27-17)6-8-29-7-2-3-19(29)30/h4-5,9-10,12-13,27H,2-3,6-8,11,23H2,1H3,(H2,24,31)(H,25,28)/t13-/m0/s1. The highest BCUT2D eigenvalue weighted by Gasteiger charge is 2.20. The van der Waals surface area contributed by atoms with Gasteiger partial charge in [-0.1, -0.05) is 6.07 Å². The van der Waals surface area contributed by atoms with Crippen molar-refractivity contribution in [1.82, 2.24) is 19.9 Å². The topological polar surface area (TPSA) is 143 Å². The molecule has 1 fully saturated rings. The molecule has 9 heteroatoms. The number of carbonyl (C=O) groups excluding carboxylic acids is 2. The molecule has 1 aliphatic rings. The van der Waals surface area contributed by atoms with Crippen LogP contribution in [0.5, 0.6) is 0 Å². The number of primary amides is 1. The molecular weight excluding hydrogens is 394 g/mol. The van der Waals surface area contributed by atoms with Gasteiger partial charge in [0.05, 0.1) is 11.9 Å². The summed E-state index contributed by atoms with van der Waals surface area (Å²) in [4.78, 5) is 37.7. The summed E-state index contributed by atoms with van der Waals surface area (Å²) in [5.74, 6) is 0.114. The van der Waals surface area contributed by atoms with Gasteiger partial charge in [-0.05, 0) is 43.5 Å². The minimum absolute atomic E-state index is 0.0524. The predicted octanol–water partition coefficient (Wildman–Crippen LogP) is 1.65. The quantitative estimate of drug-likeness (QED) is 0.435. The molecule has 0 unspecified atom stereocenters. The number of anilines is 1. The summed E-state index contributed by atoms with van der Waals surface area (Å²) in [7, 11) is 0. The Kier molecular flexibility index (Phi) is 5.85. The second-order valence-corrected chi connectivity index (χ2v) is 8.01. The highest BCUT2D eigenvalue weighted by molar-refractivity contribution is 5.98. The van der Waals surface area contributed by atoms with Gasteiger partial charge in [-0.3, -0.25) is 9.59 Å². The summed E-state index contributed by atoms with van der Waals surface area (Å²) >= 11 is 0. The number of nitrogens with one attached hydrogen (secondary N) is 2. The van der Waals surface area contributed by atoms with Crippen molar-refractivity contribution in [2.24, 2.45) is 11.5 Å². The summed E-state index contributed by atoms with van der Waals surface area (Å²) in [6.45, 7) is 3.98. The molecule has 1 saturated heterocycles. The average molecular weight is 422 g/mol. The molecule has 0 saturated carbocycles. The predicted molar refractivity (Wildman–Crippen MR) is 119 cm³/mol. The number of fused-ring (bicyclic) bond motifs is 1. The number of hydrogen-bond donors (Lipinski definition) is 4. The molecule has 9 nitrogen and oxygen atoms in total. The maximum atomic E-state index is 11.9. The van der Waals surface area contributed by atoms with Crippen LogP contribution in [-0.4, -0.2) is 57.3 Å². The number of aromatic amines is 1. The van der Waals surface area contributed by atoms with Gasteiger partial charge in [0, 0.05) is 43.0 Å². The molecule has 31 heavy (non-hydrogen) atoms. The number of carbonyl (C=O) groups is 2. The van der Waals surface area contributed by atoms with E-state index in [1.807, 2.05) is 30.0 Å². The number of likely N-dealkylation sites (tertiary alicyclic amines) is 1. The normalized spacial score (nSPS) is 14.9. The van der Waals surface area contributed by atoms with E-state index in [1.165, 1.54) is 6.20 Å².